The van der Waals surface area contributed by atoms with Crippen LogP contribution in [0.3, 0.4) is 0 Å². The van der Waals surface area contributed by atoms with E-state index < -0.39 is 21.8 Å². The minimum Gasteiger partial charge on any atom is -0.465 e. The van der Waals surface area contributed by atoms with E-state index >= 15 is 0 Å². The molecule has 0 aliphatic rings. The zero-order chi connectivity index (χ0) is 17.0. The second-order valence-corrected chi connectivity index (χ2v) is 6.89. The zero-order valence-corrected chi connectivity index (χ0v) is 13.5. The monoisotopic (exact) mass is 337 g/mol. The van der Waals surface area contributed by atoms with Crippen molar-refractivity contribution in [2.75, 3.05) is 14.2 Å². The van der Waals surface area contributed by atoms with Crippen LogP contribution in [0.1, 0.15) is 15.9 Å². The molecule has 0 aliphatic heterocycles. The molecular formula is C16H16FNO4S. The molecule has 122 valence electrons. The Labute approximate surface area is 134 Å². The molecule has 0 bridgehead atoms. The number of sulfonamides is 1. The fourth-order valence-corrected chi connectivity index (χ4v) is 3.25. The highest BCUT2D eigenvalue weighted by Crippen LogP contribution is 2.19. The average Bonchev–Trinajstić information content (AvgIpc) is 2.55. The molecule has 0 unspecified atom stereocenters. The number of carbonyl (C=O) groups excluding carboxylic acids is 1. The Morgan fingerprint density at radius 3 is 2.30 bits per heavy atom. The van der Waals surface area contributed by atoms with E-state index in [2.05, 4.69) is 4.74 Å². The lowest BCUT2D eigenvalue weighted by Gasteiger charge is -2.17. The molecule has 2 aromatic carbocycles. The Balaban J connectivity index is 2.20. The van der Waals surface area contributed by atoms with Crippen LogP contribution in [0.5, 0.6) is 0 Å². The van der Waals surface area contributed by atoms with Crippen molar-refractivity contribution < 1.29 is 22.3 Å². The fraction of sp³-hybridized carbons (Fsp3) is 0.188. The average molecular weight is 337 g/mol. The molecule has 0 heterocycles. The topological polar surface area (TPSA) is 63.7 Å². The van der Waals surface area contributed by atoms with Crippen LogP contribution in [0.2, 0.25) is 0 Å². The van der Waals surface area contributed by atoms with Gasteiger partial charge in [-0.1, -0.05) is 24.3 Å². The number of hydrogen-bond donors (Lipinski definition) is 0. The maximum Gasteiger partial charge on any atom is 0.337 e. The molecule has 23 heavy (non-hydrogen) atoms. The molecule has 0 N–H and O–H groups in total. The Bertz CT molecular complexity index is 803. The molecular weight excluding hydrogens is 321 g/mol. The minimum absolute atomic E-state index is 0.0537. The molecule has 2 rings (SSSR count). The maximum atomic E-state index is 13.7. The van der Waals surface area contributed by atoms with E-state index in [0.29, 0.717) is 11.1 Å². The van der Waals surface area contributed by atoms with Crippen LogP contribution in [0.15, 0.2) is 53.4 Å². The summed E-state index contributed by atoms with van der Waals surface area (Å²) < 4.78 is 44.1. The van der Waals surface area contributed by atoms with Gasteiger partial charge in [-0.3, -0.25) is 0 Å². The van der Waals surface area contributed by atoms with Crippen LogP contribution in [0.4, 0.5) is 4.39 Å². The van der Waals surface area contributed by atoms with E-state index in [1.807, 2.05) is 0 Å². The summed E-state index contributed by atoms with van der Waals surface area (Å²) in [4.78, 5) is 11.0. The van der Waals surface area contributed by atoms with E-state index in [1.165, 1.54) is 32.4 Å². The van der Waals surface area contributed by atoms with Crippen molar-refractivity contribution in [1.82, 2.24) is 4.31 Å². The van der Waals surface area contributed by atoms with Crippen LogP contribution in [-0.4, -0.2) is 32.8 Å². The van der Waals surface area contributed by atoms with Crippen molar-refractivity contribution in [2.45, 2.75) is 11.4 Å². The number of carbonyl (C=O) groups is 1. The van der Waals surface area contributed by atoms with Gasteiger partial charge < -0.3 is 4.74 Å². The molecule has 2 aromatic rings. The van der Waals surface area contributed by atoms with Gasteiger partial charge in [0.25, 0.3) is 0 Å². The Hall–Kier alpha value is -2.25. The number of benzene rings is 2. The van der Waals surface area contributed by atoms with Gasteiger partial charge in [0.15, 0.2) is 0 Å². The van der Waals surface area contributed by atoms with Crippen LogP contribution in [0, 0.1) is 5.82 Å². The third-order valence-electron chi connectivity index (χ3n) is 3.31. The summed E-state index contributed by atoms with van der Waals surface area (Å²) in [6.45, 7) is 0.0537. The molecule has 0 atom stereocenters. The first kappa shape index (κ1) is 17.1. The van der Waals surface area contributed by atoms with Crippen LogP contribution in [0.25, 0.3) is 0 Å². The molecule has 7 heteroatoms. The Kier molecular flexibility index (Phi) is 5.12. The standard InChI is InChI=1S/C16H16FNO4S/c1-18(23(20,21)15-6-4-3-5-14(15)17)11-12-7-9-13(10-8-12)16(19)22-2/h3-10H,11H2,1-2H3. The first-order valence-electron chi connectivity index (χ1n) is 6.74. The fourth-order valence-electron chi connectivity index (χ4n) is 2.03. The SMILES string of the molecule is COC(=O)c1ccc(CN(C)S(=O)(=O)c2ccccc2F)cc1. The summed E-state index contributed by atoms with van der Waals surface area (Å²) in [6.07, 6.45) is 0. The highest BCUT2D eigenvalue weighted by Gasteiger charge is 2.24. The molecule has 0 amide bonds. The van der Waals surface area contributed by atoms with Gasteiger partial charge in [0.2, 0.25) is 10.0 Å². The molecule has 0 saturated carbocycles. The number of methoxy groups -OCH3 is 1. The van der Waals surface area contributed by atoms with Gasteiger partial charge >= 0.3 is 5.97 Å². The second-order valence-electron chi connectivity index (χ2n) is 4.88. The second kappa shape index (κ2) is 6.89. The van der Waals surface area contributed by atoms with Crippen molar-refractivity contribution in [3.8, 4) is 0 Å². The van der Waals surface area contributed by atoms with E-state index in [0.717, 1.165) is 10.4 Å². The molecule has 0 aliphatic carbocycles. The molecule has 0 radical (unpaired) electrons. The largest absolute Gasteiger partial charge is 0.465 e. The Morgan fingerprint density at radius 1 is 1.13 bits per heavy atom. The third-order valence-corrected chi connectivity index (χ3v) is 5.14. The summed E-state index contributed by atoms with van der Waals surface area (Å²) in [5.41, 5.74) is 1.04. The highest BCUT2D eigenvalue weighted by atomic mass is 32.2. The predicted octanol–water partition coefficient (Wildman–Crippen LogP) is 2.43. The van der Waals surface area contributed by atoms with Gasteiger partial charge in [0.1, 0.15) is 10.7 Å². The minimum atomic E-state index is -3.93. The number of nitrogens with zero attached hydrogens (tertiary/aromatic N) is 1. The van der Waals surface area contributed by atoms with Crippen LogP contribution >= 0.6 is 0 Å². The summed E-state index contributed by atoms with van der Waals surface area (Å²) in [5, 5.41) is 0. The maximum absolute atomic E-state index is 13.7. The van der Waals surface area contributed by atoms with Crippen molar-refractivity contribution in [3.05, 3.63) is 65.5 Å². The lowest BCUT2D eigenvalue weighted by molar-refractivity contribution is 0.0600. The molecule has 0 fully saturated rings. The third kappa shape index (κ3) is 3.75. The molecule has 5 nitrogen and oxygen atoms in total. The molecule has 0 aromatic heterocycles. The summed E-state index contributed by atoms with van der Waals surface area (Å²) in [6, 6.07) is 11.6. The van der Waals surface area contributed by atoms with Gasteiger partial charge in [-0.05, 0) is 29.8 Å². The van der Waals surface area contributed by atoms with E-state index in [-0.39, 0.29) is 11.4 Å². The van der Waals surface area contributed by atoms with Crippen molar-refractivity contribution in [2.24, 2.45) is 0 Å². The lowest BCUT2D eigenvalue weighted by Crippen LogP contribution is -2.27. The highest BCUT2D eigenvalue weighted by molar-refractivity contribution is 7.89. The Morgan fingerprint density at radius 2 is 1.74 bits per heavy atom. The summed E-state index contributed by atoms with van der Waals surface area (Å²) in [5.74, 6) is -1.26. The van der Waals surface area contributed by atoms with Gasteiger partial charge in [-0.15, -0.1) is 0 Å². The number of rotatable bonds is 5. The zero-order valence-electron chi connectivity index (χ0n) is 12.7. The van der Waals surface area contributed by atoms with Crippen LogP contribution in [-0.2, 0) is 21.3 Å². The van der Waals surface area contributed by atoms with Crippen molar-refractivity contribution in [3.63, 3.8) is 0 Å². The van der Waals surface area contributed by atoms with E-state index in [4.69, 9.17) is 0 Å². The molecule has 0 spiro atoms. The summed E-state index contributed by atoms with van der Waals surface area (Å²) >= 11 is 0. The number of halogens is 1. The first-order valence-corrected chi connectivity index (χ1v) is 8.18. The van der Waals surface area contributed by atoms with E-state index in [9.17, 15) is 17.6 Å². The number of ether oxygens (including phenoxy) is 1. The quantitative estimate of drug-likeness (QED) is 0.786. The van der Waals surface area contributed by atoms with E-state index in [1.54, 1.807) is 24.3 Å². The van der Waals surface area contributed by atoms with Gasteiger partial charge in [-0.2, -0.15) is 4.31 Å². The normalized spacial score (nSPS) is 11.5. The van der Waals surface area contributed by atoms with Gasteiger partial charge in [0, 0.05) is 13.6 Å². The smallest absolute Gasteiger partial charge is 0.337 e. The molecule has 0 saturated heterocycles. The van der Waals surface area contributed by atoms with Crippen molar-refractivity contribution >= 4 is 16.0 Å². The lowest BCUT2D eigenvalue weighted by atomic mass is 10.1. The predicted molar refractivity (Wildman–Crippen MR) is 82.8 cm³/mol. The summed E-state index contributed by atoms with van der Waals surface area (Å²) in [7, 11) is -1.28. The van der Waals surface area contributed by atoms with Crippen molar-refractivity contribution in [1.29, 1.82) is 0 Å². The van der Waals surface area contributed by atoms with Crippen LogP contribution < -0.4 is 0 Å². The number of esters is 1. The van der Waals surface area contributed by atoms with Gasteiger partial charge in [0.05, 0.1) is 12.7 Å². The first-order chi connectivity index (χ1) is 10.9. The number of hydrogen-bond acceptors (Lipinski definition) is 4. The van der Waals surface area contributed by atoms with Gasteiger partial charge in [-0.25, -0.2) is 17.6 Å².